The third-order valence-electron chi connectivity index (χ3n) is 1.37. The predicted molar refractivity (Wildman–Crippen MR) is 44.7 cm³/mol. The van der Waals surface area contributed by atoms with Gasteiger partial charge < -0.3 is 9.84 Å². The molecule has 1 aromatic rings. The van der Waals surface area contributed by atoms with Crippen molar-refractivity contribution in [3.63, 3.8) is 0 Å². The minimum absolute atomic E-state index is 0. The van der Waals surface area contributed by atoms with Crippen LogP contribution >= 0.6 is 0 Å². The fourth-order valence-electron chi connectivity index (χ4n) is 0.887. The van der Waals surface area contributed by atoms with Gasteiger partial charge in [0.25, 0.3) is 0 Å². The number of hydrogen-bond acceptors (Lipinski definition) is 3. The van der Waals surface area contributed by atoms with Crippen LogP contribution in [0.3, 0.4) is 0 Å². The fraction of sp³-hybridized carbons (Fsp3) is 0.111. The summed E-state index contributed by atoms with van der Waals surface area (Å²) < 4.78 is 4.69. The van der Waals surface area contributed by atoms with Crippen molar-refractivity contribution in [2.24, 2.45) is 0 Å². The van der Waals surface area contributed by atoms with Crippen LogP contribution in [0.15, 0.2) is 24.3 Å². The molecule has 1 rings (SSSR count). The van der Waals surface area contributed by atoms with Crippen LogP contribution in [0.25, 0.3) is 0 Å². The summed E-state index contributed by atoms with van der Waals surface area (Å²) in [6.45, 7) is 1.22. The molecular formula is C9H8MoO4. The monoisotopic (exact) mass is 278 g/mol. The molecule has 0 fully saturated rings. The second kappa shape index (κ2) is 5.55. The molecule has 0 aliphatic carbocycles. The summed E-state index contributed by atoms with van der Waals surface area (Å²) >= 11 is 0. The molecule has 5 heteroatoms. The van der Waals surface area contributed by atoms with E-state index in [0.717, 1.165) is 0 Å². The molecule has 0 aromatic heterocycles. The molecule has 0 saturated heterocycles. The molecule has 0 amide bonds. The maximum absolute atomic E-state index is 10.6. The Morgan fingerprint density at radius 1 is 1.29 bits per heavy atom. The Bertz CT molecular complexity index is 348. The van der Waals surface area contributed by atoms with Crippen LogP contribution in [0.2, 0.25) is 0 Å². The predicted octanol–water partition coefficient (Wildman–Crippen LogP) is 1.31. The summed E-state index contributed by atoms with van der Waals surface area (Å²) in [6.07, 6.45) is 0. The van der Waals surface area contributed by atoms with E-state index in [9.17, 15) is 9.59 Å². The number of benzene rings is 1. The first-order valence-corrected chi connectivity index (χ1v) is 3.62. The molecule has 0 radical (unpaired) electrons. The van der Waals surface area contributed by atoms with E-state index in [0.29, 0.717) is 0 Å². The molecule has 1 N–H and O–H groups in total. The standard InChI is InChI=1S/C9H8O4.Mo/c1-6(10)13-8-5-3-2-4-7(8)9(11)12;/h2-5H,1H3,(H,11,12);. The number of aromatic carboxylic acids is 1. The van der Waals surface area contributed by atoms with Crippen LogP contribution in [0.5, 0.6) is 5.75 Å². The average molecular weight is 276 g/mol. The van der Waals surface area contributed by atoms with E-state index in [1.165, 1.54) is 19.1 Å². The molecule has 14 heavy (non-hydrogen) atoms. The van der Waals surface area contributed by atoms with Crippen LogP contribution < -0.4 is 4.74 Å². The summed E-state index contributed by atoms with van der Waals surface area (Å²) in [5.74, 6) is -1.58. The number of carbonyl (C=O) groups excluding carboxylic acids is 1. The van der Waals surface area contributed by atoms with E-state index < -0.39 is 11.9 Å². The van der Waals surface area contributed by atoms with Crippen LogP contribution in [0.4, 0.5) is 0 Å². The van der Waals surface area contributed by atoms with Gasteiger partial charge in [0.2, 0.25) is 0 Å². The van der Waals surface area contributed by atoms with Crippen molar-refractivity contribution in [3.8, 4) is 5.75 Å². The van der Waals surface area contributed by atoms with Gasteiger partial charge in [-0.1, -0.05) is 12.1 Å². The first kappa shape index (κ1) is 12.8. The van der Waals surface area contributed by atoms with E-state index in [2.05, 4.69) is 4.74 Å². The Labute approximate surface area is 95.1 Å². The number of esters is 1. The smallest absolute Gasteiger partial charge is 0.339 e. The molecule has 0 saturated carbocycles. The summed E-state index contributed by atoms with van der Waals surface area (Å²) in [5, 5.41) is 8.69. The normalized spacial score (nSPS) is 8.64. The van der Waals surface area contributed by atoms with Gasteiger partial charge in [0.15, 0.2) is 0 Å². The number of ether oxygens (including phenoxy) is 1. The van der Waals surface area contributed by atoms with Gasteiger partial charge >= 0.3 is 11.9 Å². The van der Waals surface area contributed by atoms with Crippen LogP contribution in [0.1, 0.15) is 17.3 Å². The van der Waals surface area contributed by atoms with Gasteiger partial charge in [0.1, 0.15) is 11.3 Å². The van der Waals surface area contributed by atoms with E-state index >= 15 is 0 Å². The van der Waals surface area contributed by atoms with E-state index in [1.807, 2.05) is 0 Å². The third kappa shape index (κ3) is 3.30. The number of hydrogen-bond donors (Lipinski definition) is 1. The number of rotatable bonds is 2. The Morgan fingerprint density at radius 3 is 2.36 bits per heavy atom. The maximum atomic E-state index is 10.6. The van der Waals surface area contributed by atoms with Crippen molar-refractivity contribution >= 4 is 11.9 Å². The fourth-order valence-corrected chi connectivity index (χ4v) is 0.887. The number of para-hydroxylation sites is 1. The molecule has 0 spiro atoms. The van der Waals surface area contributed by atoms with Crippen LogP contribution in [-0.4, -0.2) is 17.0 Å². The van der Waals surface area contributed by atoms with E-state index in [1.54, 1.807) is 12.1 Å². The first-order chi connectivity index (χ1) is 6.11. The Hall–Kier alpha value is -1.15. The second-order valence-corrected chi connectivity index (χ2v) is 2.39. The Balaban J connectivity index is 0.00000169. The molecule has 0 unspecified atom stereocenters. The first-order valence-electron chi connectivity index (χ1n) is 3.62. The summed E-state index contributed by atoms with van der Waals surface area (Å²) in [6, 6.07) is 5.98. The minimum Gasteiger partial charge on any atom is -0.478 e. The summed E-state index contributed by atoms with van der Waals surface area (Å²) in [5.41, 5.74) is -0.0160. The molecule has 74 valence electrons. The molecule has 0 heterocycles. The van der Waals surface area contributed by atoms with Crippen molar-refractivity contribution in [1.29, 1.82) is 0 Å². The summed E-state index contributed by atoms with van der Waals surface area (Å²) in [4.78, 5) is 21.2. The van der Waals surface area contributed by atoms with Crippen molar-refractivity contribution in [2.75, 3.05) is 0 Å². The molecule has 4 nitrogen and oxygen atoms in total. The molecule has 0 atom stereocenters. The van der Waals surface area contributed by atoms with E-state index in [4.69, 9.17) is 5.11 Å². The number of carbonyl (C=O) groups is 2. The van der Waals surface area contributed by atoms with Gasteiger partial charge in [0.05, 0.1) is 0 Å². The quantitative estimate of drug-likeness (QED) is 0.502. The Kier molecular flexibility index (Phi) is 5.09. The molecular weight excluding hydrogens is 268 g/mol. The topological polar surface area (TPSA) is 63.6 Å². The minimum atomic E-state index is -1.11. The van der Waals surface area contributed by atoms with Gasteiger partial charge in [-0.05, 0) is 12.1 Å². The molecule has 1 aromatic carbocycles. The van der Waals surface area contributed by atoms with Gasteiger partial charge in [0, 0.05) is 28.0 Å². The number of carboxylic acid groups (broad SMARTS) is 1. The van der Waals surface area contributed by atoms with Crippen molar-refractivity contribution in [2.45, 2.75) is 6.92 Å². The van der Waals surface area contributed by atoms with Gasteiger partial charge in [-0.3, -0.25) is 4.79 Å². The zero-order valence-electron chi connectivity index (χ0n) is 7.39. The van der Waals surface area contributed by atoms with Crippen molar-refractivity contribution in [1.82, 2.24) is 0 Å². The zero-order chi connectivity index (χ0) is 9.84. The van der Waals surface area contributed by atoms with E-state index in [-0.39, 0.29) is 32.4 Å². The van der Waals surface area contributed by atoms with Crippen LogP contribution in [0, 0.1) is 0 Å². The summed E-state index contributed by atoms with van der Waals surface area (Å²) in [7, 11) is 0. The van der Waals surface area contributed by atoms with Crippen LogP contribution in [-0.2, 0) is 25.9 Å². The number of carboxylic acids is 1. The maximum Gasteiger partial charge on any atom is 0.339 e. The largest absolute Gasteiger partial charge is 0.478 e. The Morgan fingerprint density at radius 2 is 1.86 bits per heavy atom. The zero-order valence-corrected chi connectivity index (χ0v) is 9.40. The molecule has 0 aliphatic rings. The molecule has 0 aliphatic heterocycles. The molecule has 0 bridgehead atoms. The average Bonchev–Trinajstić information content (AvgIpc) is 2.03. The van der Waals surface area contributed by atoms with Crippen molar-refractivity contribution < 1.29 is 40.5 Å². The third-order valence-corrected chi connectivity index (χ3v) is 1.37. The van der Waals surface area contributed by atoms with Gasteiger partial charge in [-0.25, -0.2) is 4.79 Å². The second-order valence-electron chi connectivity index (χ2n) is 2.39. The van der Waals surface area contributed by atoms with Crippen molar-refractivity contribution in [3.05, 3.63) is 29.8 Å². The SMILES string of the molecule is CC(=O)Oc1ccccc1C(=O)O.[Mo]. The van der Waals surface area contributed by atoms with Gasteiger partial charge in [-0.2, -0.15) is 0 Å². The van der Waals surface area contributed by atoms with Gasteiger partial charge in [-0.15, -0.1) is 0 Å².